The first-order valence-electron chi connectivity index (χ1n) is 7.63. The highest BCUT2D eigenvalue weighted by Crippen LogP contribution is 2.39. The average molecular weight is 395 g/mol. The number of anilines is 2. The highest BCUT2D eigenvalue weighted by Gasteiger charge is 2.44. The zero-order valence-electron chi connectivity index (χ0n) is 14.3. The molecule has 0 spiro atoms. The number of rotatable bonds is 4. The molecule has 1 N–H and O–H groups in total. The molecule has 1 aromatic heterocycles. The van der Waals surface area contributed by atoms with Crippen molar-refractivity contribution in [1.29, 1.82) is 0 Å². The largest absolute Gasteiger partial charge is 0.322 e. The number of thioether (sulfide) groups is 2. The smallest absolute Gasteiger partial charge is 0.250 e. The van der Waals surface area contributed by atoms with Gasteiger partial charge in [0.05, 0.1) is 16.6 Å². The number of nitrogens with one attached hydrogen (secondary N) is 1. The number of fused-ring (bicyclic) bond motifs is 1. The fraction of sp³-hybridized carbons (Fsp3) is 0.375. The highest BCUT2D eigenvalue weighted by atomic mass is 32.2. The van der Waals surface area contributed by atoms with Crippen LogP contribution in [0.1, 0.15) is 20.8 Å². The van der Waals surface area contributed by atoms with Crippen LogP contribution >= 0.6 is 34.9 Å². The Morgan fingerprint density at radius 3 is 2.64 bits per heavy atom. The second kappa shape index (κ2) is 6.97. The van der Waals surface area contributed by atoms with Gasteiger partial charge in [-0.25, -0.2) is 0 Å². The lowest BCUT2D eigenvalue weighted by Crippen LogP contribution is -2.60. The topological polar surface area (TPSA) is 75.2 Å². The maximum absolute atomic E-state index is 13.2. The van der Waals surface area contributed by atoms with Crippen LogP contribution in [-0.4, -0.2) is 39.1 Å². The van der Waals surface area contributed by atoms with E-state index in [4.69, 9.17) is 0 Å². The number of amides is 2. The van der Waals surface area contributed by atoms with Crippen molar-refractivity contribution < 1.29 is 9.59 Å². The molecule has 0 unspecified atom stereocenters. The van der Waals surface area contributed by atoms with Crippen molar-refractivity contribution in [2.45, 2.75) is 40.2 Å². The molecule has 0 radical (unpaired) electrons. The van der Waals surface area contributed by atoms with Crippen molar-refractivity contribution in [1.82, 2.24) is 10.2 Å². The first-order chi connectivity index (χ1) is 11.8. The van der Waals surface area contributed by atoms with E-state index in [-0.39, 0.29) is 17.1 Å². The molecule has 2 amide bonds. The number of benzene rings is 1. The van der Waals surface area contributed by atoms with Gasteiger partial charge in [-0.1, -0.05) is 47.0 Å². The number of aromatic nitrogens is 2. The molecule has 25 heavy (non-hydrogen) atoms. The van der Waals surface area contributed by atoms with E-state index >= 15 is 0 Å². The quantitative estimate of drug-likeness (QED) is 0.800. The predicted molar refractivity (Wildman–Crippen MR) is 104 cm³/mol. The fourth-order valence-electron chi connectivity index (χ4n) is 2.56. The van der Waals surface area contributed by atoms with E-state index in [2.05, 4.69) is 15.5 Å². The third-order valence-electron chi connectivity index (χ3n) is 3.92. The molecule has 1 aromatic carbocycles. The van der Waals surface area contributed by atoms with Gasteiger partial charge in [0.2, 0.25) is 11.8 Å². The van der Waals surface area contributed by atoms with Crippen LogP contribution in [0.3, 0.4) is 0 Å². The van der Waals surface area contributed by atoms with E-state index in [1.807, 2.05) is 31.4 Å². The van der Waals surface area contributed by atoms with Gasteiger partial charge >= 0.3 is 0 Å². The van der Waals surface area contributed by atoms with Crippen molar-refractivity contribution in [3.05, 3.63) is 24.3 Å². The monoisotopic (exact) mass is 394 g/mol. The second-order valence-corrected chi connectivity index (χ2v) is 9.62. The van der Waals surface area contributed by atoms with E-state index in [1.165, 1.54) is 34.9 Å². The van der Waals surface area contributed by atoms with Crippen LogP contribution in [0.25, 0.3) is 0 Å². The summed E-state index contributed by atoms with van der Waals surface area (Å²) in [5.41, 5.74) is 0.399. The normalized spacial score (nSPS) is 17.0. The number of nitrogens with zero attached hydrogens (tertiary/aromatic N) is 3. The summed E-state index contributed by atoms with van der Waals surface area (Å²) in [5.74, 6) is -0.324. The van der Waals surface area contributed by atoms with Crippen LogP contribution in [0.5, 0.6) is 0 Å². The summed E-state index contributed by atoms with van der Waals surface area (Å²) in [6.07, 6.45) is 1.94. The Morgan fingerprint density at radius 1 is 1.28 bits per heavy atom. The highest BCUT2D eigenvalue weighted by molar-refractivity contribution is 8.03. The Labute approximate surface area is 158 Å². The number of carbonyl (C=O) groups excluding carboxylic acids is 2. The van der Waals surface area contributed by atoms with Crippen LogP contribution in [0.2, 0.25) is 0 Å². The minimum absolute atomic E-state index is 0.127. The fourth-order valence-corrected chi connectivity index (χ4v) is 5.18. The molecular formula is C16H18N4O2S3. The molecule has 2 heterocycles. The third-order valence-corrected chi connectivity index (χ3v) is 6.99. The molecule has 3 rings (SSSR count). The van der Waals surface area contributed by atoms with Gasteiger partial charge in [0, 0.05) is 0 Å². The van der Waals surface area contributed by atoms with E-state index in [0.717, 1.165) is 8.68 Å². The number of para-hydroxylation sites is 2. The molecule has 0 fully saturated rings. The molecule has 6 nitrogen and oxygen atoms in total. The number of hydrogen-bond donors (Lipinski definition) is 1. The minimum Gasteiger partial charge on any atom is -0.322 e. The van der Waals surface area contributed by atoms with Gasteiger partial charge in [-0.15, -0.1) is 10.2 Å². The molecule has 1 atom stereocenters. The van der Waals surface area contributed by atoms with Crippen molar-refractivity contribution >= 4 is 58.0 Å². The molecule has 0 saturated carbocycles. The third kappa shape index (κ3) is 3.40. The second-order valence-electron chi connectivity index (χ2n) is 6.00. The average Bonchev–Trinajstić information content (AvgIpc) is 3.03. The molecule has 2 aromatic rings. The number of carbonyl (C=O) groups is 2. The van der Waals surface area contributed by atoms with E-state index in [9.17, 15) is 9.59 Å². The first kappa shape index (κ1) is 18.2. The van der Waals surface area contributed by atoms with E-state index in [0.29, 0.717) is 11.4 Å². The maximum atomic E-state index is 13.2. The Kier molecular flexibility index (Phi) is 5.08. The summed E-state index contributed by atoms with van der Waals surface area (Å²) in [6.45, 7) is 5.34. The van der Waals surface area contributed by atoms with Crippen molar-refractivity contribution in [3.63, 3.8) is 0 Å². The van der Waals surface area contributed by atoms with Gasteiger partial charge in [-0.3, -0.25) is 14.5 Å². The van der Waals surface area contributed by atoms with Crippen LogP contribution in [0, 0.1) is 0 Å². The Balaban J connectivity index is 1.89. The van der Waals surface area contributed by atoms with Crippen LogP contribution in [0.15, 0.2) is 32.9 Å². The lowest BCUT2D eigenvalue weighted by molar-refractivity contribution is -0.126. The minimum atomic E-state index is -0.966. The first-order valence-corrected chi connectivity index (χ1v) is 10.6. The summed E-state index contributed by atoms with van der Waals surface area (Å²) in [5, 5.41) is 10.7. The van der Waals surface area contributed by atoms with Gasteiger partial charge in [-0.05, 0) is 39.2 Å². The molecule has 0 aliphatic carbocycles. The molecule has 0 saturated heterocycles. The van der Waals surface area contributed by atoms with Crippen molar-refractivity contribution in [2.24, 2.45) is 0 Å². The molecule has 0 bridgehead atoms. The van der Waals surface area contributed by atoms with E-state index in [1.54, 1.807) is 24.8 Å². The van der Waals surface area contributed by atoms with Crippen LogP contribution < -0.4 is 10.2 Å². The SMILES string of the molecule is CSc1nnc(S[C@@H](C)C(=O)N2c3ccccc3NC(=O)C2(C)C)s1. The summed E-state index contributed by atoms with van der Waals surface area (Å²) < 4.78 is 1.61. The summed E-state index contributed by atoms with van der Waals surface area (Å²) in [7, 11) is 0. The Morgan fingerprint density at radius 2 is 1.96 bits per heavy atom. The van der Waals surface area contributed by atoms with Crippen molar-refractivity contribution in [3.8, 4) is 0 Å². The summed E-state index contributed by atoms with van der Waals surface area (Å²) in [4.78, 5) is 27.3. The van der Waals surface area contributed by atoms with Crippen molar-refractivity contribution in [2.75, 3.05) is 16.5 Å². The summed E-state index contributed by atoms with van der Waals surface area (Å²) >= 11 is 4.36. The van der Waals surface area contributed by atoms with Gasteiger partial charge in [0.15, 0.2) is 8.68 Å². The molecule has 9 heteroatoms. The molecule has 132 valence electrons. The lowest BCUT2D eigenvalue weighted by Gasteiger charge is -2.42. The molecule has 1 aliphatic heterocycles. The zero-order chi connectivity index (χ0) is 18.2. The Hall–Kier alpha value is -1.58. The maximum Gasteiger partial charge on any atom is 0.250 e. The van der Waals surface area contributed by atoms with Crippen LogP contribution in [0.4, 0.5) is 11.4 Å². The van der Waals surface area contributed by atoms with E-state index < -0.39 is 5.54 Å². The van der Waals surface area contributed by atoms with Gasteiger partial charge < -0.3 is 5.32 Å². The van der Waals surface area contributed by atoms with Gasteiger partial charge in [0.25, 0.3) is 0 Å². The predicted octanol–water partition coefficient (Wildman–Crippen LogP) is 3.50. The Bertz CT molecular complexity index is 821. The zero-order valence-corrected chi connectivity index (χ0v) is 16.7. The molecule has 1 aliphatic rings. The van der Waals surface area contributed by atoms with Gasteiger partial charge in [-0.2, -0.15) is 0 Å². The lowest BCUT2D eigenvalue weighted by atomic mass is 9.96. The standard InChI is InChI=1S/C16H18N4O2S3/c1-9(24-15-19-18-14(23-4)25-15)12(21)20-11-8-6-5-7-10(11)17-13(22)16(20,2)3/h5-9H,1-4H3,(H,17,22)/t9-/m0/s1. The molecular weight excluding hydrogens is 376 g/mol. The summed E-state index contributed by atoms with van der Waals surface area (Å²) in [6, 6.07) is 7.35. The number of hydrogen-bond acceptors (Lipinski definition) is 7. The van der Waals surface area contributed by atoms with Crippen LogP contribution in [-0.2, 0) is 9.59 Å². The van der Waals surface area contributed by atoms with Gasteiger partial charge in [0.1, 0.15) is 5.54 Å².